The summed E-state index contributed by atoms with van der Waals surface area (Å²) >= 11 is 0. The fourth-order valence-corrected chi connectivity index (χ4v) is 0.465. The largest absolute Gasteiger partial charge is 1.00 e. The van der Waals surface area contributed by atoms with Crippen LogP contribution in [0.2, 0.25) is 0 Å². The molecule has 0 aliphatic carbocycles. The molecule has 0 aliphatic heterocycles. The average Bonchev–Trinajstić information content (AvgIpc) is 1.69. The van der Waals surface area contributed by atoms with E-state index in [9.17, 15) is 0 Å². The molecule has 0 aromatic carbocycles. The maximum atomic E-state index is 5.23. The van der Waals surface area contributed by atoms with E-state index in [4.69, 9.17) is 11.5 Å². The van der Waals surface area contributed by atoms with Gasteiger partial charge in [-0.2, -0.15) is 0 Å². The van der Waals surface area contributed by atoms with Crippen LogP contribution in [0.1, 0.15) is 22.1 Å². The molecule has 0 aliphatic rings. The zero-order valence-corrected chi connectivity index (χ0v) is 10.7. The van der Waals surface area contributed by atoms with Crippen LogP contribution < -0.4 is 70.6 Å². The third-order valence-corrected chi connectivity index (χ3v) is 0.908. The molecule has 0 unspecified atom stereocenters. The number of hydrogen-bond donors (Lipinski definition) is 2. The molecule has 0 saturated heterocycles. The summed E-state index contributed by atoms with van der Waals surface area (Å²) in [6.45, 7) is 1.61. The number of unbranched alkanes of at least 4 members (excludes halogenated alkanes) is 2. The van der Waals surface area contributed by atoms with E-state index in [2.05, 4.69) is 0 Å². The Morgan fingerprint density at radius 1 is 0.778 bits per heavy atom. The second kappa shape index (κ2) is 16.5. The standard InChI is InChI=1S/C5H14N2.2Na.2H/c6-4-2-1-3-5-7;;;;/h1-7H2;;;;/q;2*+1;2*-1. The van der Waals surface area contributed by atoms with Gasteiger partial charge in [-0.05, 0) is 25.9 Å². The van der Waals surface area contributed by atoms with Crippen LogP contribution >= 0.6 is 0 Å². The number of hydrogen-bond acceptors (Lipinski definition) is 2. The van der Waals surface area contributed by atoms with E-state index in [-0.39, 0.29) is 62.0 Å². The summed E-state index contributed by atoms with van der Waals surface area (Å²) in [5.74, 6) is 0. The fraction of sp³-hybridized carbons (Fsp3) is 1.00. The molecular weight excluding hydrogens is 134 g/mol. The van der Waals surface area contributed by atoms with Crippen LogP contribution in [0.5, 0.6) is 0 Å². The van der Waals surface area contributed by atoms with Gasteiger partial charge < -0.3 is 14.3 Å². The molecule has 0 saturated carbocycles. The van der Waals surface area contributed by atoms with Crippen molar-refractivity contribution < 1.29 is 62.0 Å². The van der Waals surface area contributed by atoms with Crippen LogP contribution in [0.4, 0.5) is 0 Å². The first-order valence-corrected chi connectivity index (χ1v) is 2.82. The van der Waals surface area contributed by atoms with Gasteiger partial charge in [0.15, 0.2) is 0 Å². The molecule has 2 nitrogen and oxygen atoms in total. The van der Waals surface area contributed by atoms with Gasteiger partial charge in [0.05, 0.1) is 0 Å². The van der Waals surface area contributed by atoms with E-state index in [1.807, 2.05) is 0 Å². The summed E-state index contributed by atoms with van der Waals surface area (Å²) in [6.07, 6.45) is 3.43. The van der Waals surface area contributed by atoms with Crippen molar-refractivity contribution >= 4 is 0 Å². The molecule has 0 spiro atoms. The van der Waals surface area contributed by atoms with E-state index in [1.54, 1.807) is 0 Å². The summed E-state index contributed by atoms with van der Waals surface area (Å²) in [5, 5.41) is 0. The zero-order valence-electron chi connectivity index (χ0n) is 8.69. The smallest absolute Gasteiger partial charge is 1.00 e. The van der Waals surface area contributed by atoms with E-state index >= 15 is 0 Å². The second-order valence-corrected chi connectivity index (χ2v) is 1.64. The van der Waals surface area contributed by atoms with Gasteiger partial charge in [-0.25, -0.2) is 0 Å². The van der Waals surface area contributed by atoms with E-state index in [0.29, 0.717) is 0 Å². The van der Waals surface area contributed by atoms with Crippen LogP contribution in [0, 0.1) is 0 Å². The van der Waals surface area contributed by atoms with Gasteiger partial charge in [-0.1, -0.05) is 6.42 Å². The molecule has 9 heavy (non-hydrogen) atoms. The fourth-order valence-electron chi connectivity index (χ4n) is 0.465. The van der Waals surface area contributed by atoms with E-state index in [0.717, 1.165) is 25.9 Å². The molecule has 0 aromatic rings. The minimum atomic E-state index is 0. The first kappa shape index (κ1) is 17.1. The van der Waals surface area contributed by atoms with Gasteiger partial charge in [0.1, 0.15) is 0 Å². The molecule has 0 fully saturated rings. The van der Waals surface area contributed by atoms with Gasteiger partial charge in [0.25, 0.3) is 0 Å². The molecule has 0 rings (SSSR count). The van der Waals surface area contributed by atoms with Gasteiger partial charge in [-0.3, -0.25) is 0 Å². The second-order valence-electron chi connectivity index (χ2n) is 1.64. The van der Waals surface area contributed by atoms with Gasteiger partial charge >= 0.3 is 59.1 Å². The third kappa shape index (κ3) is 17.8. The van der Waals surface area contributed by atoms with Crippen LogP contribution in [-0.2, 0) is 0 Å². The summed E-state index contributed by atoms with van der Waals surface area (Å²) in [4.78, 5) is 0. The molecule has 48 valence electrons. The van der Waals surface area contributed by atoms with Crippen molar-refractivity contribution in [1.29, 1.82) is 0 Å². The third-order valence-electron chi connectivity index (χ3n) is 0.908. The van der Waals surface area contributed by atoms with E-state index in [1.165, 1.54) is 6.42 Å². The van der Waals surface area contributed by atoms with Crippen molar-refractivity contribution in [3.05, 3.63) is 0 Å². The normalized spacial score (nSPS) is 7.33. The van der Waals surface area contributed by atoms with Crippen LogP contribution in [0.3, 0.4) is 0 Å². The predicted molar refractivity (Wildman–Crippen MR) is 34.2 cm³/mol. The summed E-state index contributed by atoms with van der Waals surface area (Å²) in [7, 11) is 0. The van der Waals surface area contributed by atoms with Crippen LogP contribution in [-0.4, -0.2) is 13.1 Å². The quantitative estimate of drug-likeness (QED) is 0.310. The van der Waals surface area contributed by atoms with Crippen molar-refractivity contribution in [3.8, 4) is 0 Å². The van der Waals surface area contributed by atoms with Gasteiger partial charge in [0.2, 0.25) is 0 Å². The topological polar surface area (TPSA) is 52.0 Å². The maximum Gasteiger partial charge on any atom is 1.00 e. The minimum Gasteiger partial charge on any atom is -1.00 e. The Kier molecular flexibility index (Phi) is 31.4. The molecule has 4 N–H and O–H groups in total. The molecular formula is C5H16N2Na2. The Bertz CT molecular complexity index is 39.7. The monoisotopic (exact) mass is 150 g/mol. The maximum absolute atomic E-state index is 5.23. The van der Waals surface area contributed by atoms with Crippen LogP contribution in [0.25, 0.3) is 0 Å². The molecule has 0 radical (unpaired) electrons. The number of rotatable bonds is 4. The Balaban J connectivity index is -0.0000000300. The zero-order chi connectivity index (χ0) is 5.54. The van der Waals surface area contributed by atoms with Gasteiger partial charge in [0, 0.05) is 0 Å². The molecule has 0 bridgehead atoms. The van der Waals surface area contributed by atoms with Crippen molar-refractivity contribution in [2.45, 2.75) is 19.3 Å². The number of nitrogens with two attached hydrogens (primary N) is 2. The average molecular weight is 150 g/mol. The molecule has 0 atom stereocenters. The predicted octanol–water partition coefficient (Wildman–Crippen LogP) is -5.69. The van der Waals surface area contributed by atoms with Crippen molar-refractivity contribution in [1.82, 2.24) is 0 Å². The van der Waals surface area contributed by atoms with Gasteiger partial charge in [-0.15, -0.1) is 0 Å². The van der Waals surface area contributed by atoms with Crippen molar-refractivity contribution in [2.24, 2.45) is 11.5 Å². The molecule has 0 aromatic heterocycles. The van der Waals surface area contributed by atoms with Crippen LogP contribution in [0.15, 0.2) is 0 Å². The molecule has 0 heterocycles. The van der Waals surface area contributed by atoms with Crippen molar-refractivity contribution in [3.63, 3.8) is 0 Å². The molecule has 0 amide bonds. The van der Waals surface area contributed by atoms with E-state index < -0.39 is 0 Å². The Morgan fingerprint density at radius 3 is 1.33 bits per heavy atom. The van der Waals surface area contributed by atoms with Crippen molar-refractivity contribution in [2.75, 3.05) is 13.1 Å². The summed E-state index contributed by atoms with van der Waals surface area (Å²) in [6, 6.07) is 0. The Labute approximate surface area is 105 Å². The summed E-state index contributed by atoms with van der Waals surface area (Å²) < 4.78 is 0. The Hall–Kier alpha value is 1.92. The first-order chi connectivity index (χ1) is 3.41. The Morgan fingerprint density at radius 2 is 1.11 bits per heavy atom. The minimum absolute atomic E-state index is 0. The summed E-state index contributed by atoms with van der Waals surface area (Å²) in [5.41, 5.74) is 10.5. The molecule has 4 heteroatoms. The first-order valence-electron chi connectivity index (χ1n) is 2.82. The SMILES string of the molecule is NCCCCCN.[H-].[H-].[Na+].[Na+].